The summed E-state index contributed by atoms with van der Waals surface area (Å²) in [5.74, 6) is -0.759. The Morgan fingerprint density at radius 3 is 2.67 bits per heavy atom. The zero-order valence-corrected chi connectivity index (χ0v) is 17.1. The maximum Gasteiger partial charge on any atom is 0.339 e. The molecule has 1 heterocycles. The molecule has 1 saturated carbocycles. The minimum absolute atomic E-state index is 0.0803. The molecule has 2 unspecified atom stereocenters. The number of rotatable bonds is 11. The molecule has 158 valence electrons. The molecule has 1 aliphatic rings. The molecule has 0 spiro atoms. The number of hydrogen-bond acceptors (Lipinski definition) is 6. The summed E-state index contributed by atoms with van der Waals surface area (Å²) in [7, 11) is 1.43. The fourth-order valence-corrected chi connectivity index (χ4v) is 3.27. The van der Waals surface area contributed by atoms with Crippen LogP contribution in [0.5, 0.6) is 0 Å². The molecule has 3 rings (SSSR count). The SMILES string of the molecule is CCC(O/N=C/OC(c1ccccc1/C(=C\OC)C(=O)O)C1CC1)c1ccccn1. The molecule has 7 nitrogen and oxygen atoms in total. The first-order chi connectivity index (χ1) is 14.7. The van der Waals surface area contributed by atoms with E-state index < -0.39 is 5.97 Å². The first kappa shape index (κ1) is 21.4. The maximum absolute atomic E-state index is 11.7. The number of methoxy groups -OCH3 is 1. The summed E-state index contributed by atoms with van der Waals surface area (Å²) in [6.45, 7) is 1.99. The predicted octanol–water partition coefficient (Wildman–Crippen LogP) is 4.73. The van der Waals surface area contributed by atoms with Crippen LogP contribution in [0.1, 0.15) is 55.2 Å². The molecule has 1 aromatic carbocycles. The Morgan fingerprint density at radius 2 is 2.03 bits per heavy atom. The van der Waals surface area contributed by atoms with Crippen LogP contribution >= 0.6 is 0 Å². The van der Waals surface area contributed by atoms with E-state index in [-0.39, 0.29) is 17.8 Å². The second kappa shape index (κ2) is 10.4. The van der Waals surface area contributed by atoms with Gasteiger partial charge in [0.25, 0.3) is 0 Å². The van der Waals surface area contributed by atoms with Crippen molar-refractivity contribution in [2.24, 2.45) is 11.1 Å². The van der Waals surface area contributed by atoms with E-state index in [1.807, 2.05) is 37.3 Å². The summed E-state index contributed by atoms with van der Waals surface area (Å²) in [5, 5.41) is 13.6. The summed E-state index contributed by atoms with van der Waals surface area (Å²) in [6, 6.07) is 12.9. The molecular formula is C23H26N2O5. The molecule has 7 heteroatoms. The van der Waals surface area contributed by atoms with Gasteiger partial charge in [-0.3, -0.25) is 4.98 Å². The van der Waals surface area contributed by atoms with Crippen molar-refractivity contribution in [3.63, 3.8) is 0 Å². The second-order valence-electron chi connectivity index (χ2n) is 7.02. The van der Waals surface area contributed by atoms with Crippen LogP contribution < -0.4 is 0 Å². The summed E-state index contributed by atoms with van der Waals surface area (Å²) in [6.07, 6.45) is 6.41. The van der Waals surface area contributed by atoms with Crippen LogP contribution in [0.4, 0.5) is 0 Å². The van der Waals surface area contributed by atoms with Crippen molar-refractivity contribution in [1.82, 2.24) is 4.98 Å². The first-order valence-electron chi connectivity index (χ1n) is 9.95. The van der Waals surface area contributed by atoms with Crippen molar-refractivity contribution in [1.29, 1.82) is 0 Å². The fourth-order valence-electron chi connectivity index (χ4n) is 3.27. The lowest BCUT2D eigenvalue weighted by Gasteiger charge is -2.20. The number of aliphatic carboxylic acids is 1. The van der Waals surface area contributed by atoms with Gasteiger partial charge in [-0.05, 0) is 37.0 Å². The smallest absolute Gasteiger partial charge is 0.339 e. The Hall–Kier alpha value is -3.35. The summed E-state index contributed by atoms with van der Waals surface area (Å²) < 4.78 is 10.9. The monoisotopic (exact) mass is 410 g/mol. The Labute approximate surface area is 176 Å². The minimum atomic E-state index is -1.06. The average Bonchev–Trinajstić information content (AvgIpc) is 3.60. The van der Waals surface area contributed by atoms with E-state index in [2.05, 4.69) is 10.1 Å². The molecule has 2 atom stereocenters. The van der Waals surface area contributed by atoms with Gasteiger partial charge in [0.05, 0.1) is 19.1 Å². The van der Waals surface area contributed by atoms with Crippen LogP contribution in [0.15, 0.2) is 60.1 Å². The molecule has 1 fully saturated rings. The second-order valence-corrected chi connectivity index (χ2v) is 7.02. The van der Waals surface area contributed by atoms with Crippen molar-refractivity contribution in [3.05, 3.63) is 71.7 Å². The largest absolute Gasteiger partial charge is 0.503 e. The highest BCUT2D eigenvalue weighted by Crippen LogP contribution is 2.45. The highest BCUT2D eigenvalue weighted by Gasteiger charge is 2.36. The third-order valence-corrected chi connectivity index (χ3v) is 4.90. The number of carboxylic acids is 1. The standard InChI is InChI=1S/C23H26N2O5/c1-3-21(20-10-6-7-13-24-20)30-25-15-29-22(16-11-12-16)18-9-5-4-8-17(18)19(14-28-2)23(26)27/h4-10,13-16,21-22H,3,11-12H2,1-2H3,(H,26,27)/b19-14+,25-15+. The van der Waals surface area contributed by atoms with Gasteiger partial charge in [-0.2, -0.15) is 0 Å². The predicted molar refractivity (Wildman–Crippen MR) is 112 cm³/mol. The number of nitrogens with zero attached hydrogens (tertiary/aromatic N) is 2. The molecule has 2 aromatic rings. The van der Waals surface area contributed by atoms with Gasteiger partial charge in [-0.1, -0.05) is 42.4 Å². The molecule has 1 aliphatic carbocycles. The quantitative estimate of drug-likeness (QED) is 0.189. The van der Waals surface area contributed by atoms with Crippen LogP contribution in [0.2, 0.25) is 0 Å². The van der Waals surface area contributed by atoms with Crippen LogP contribution in [-0.4, -0.2) is 29.6 Å². The van der Waals surface area contributed by atoms with Gasteiger partial charge in [0.1, 0.15) is 11.7 Å². The molecule has 0 radical (unpaired) electrons. The van der Waals surface area contributed by atoms with E-state index >= 15 is 0 Å². The summed E-state index contributed by atoms with van der Waals surface area (Å²) >= 11 is 0. The van der Waals surface area contributed by atoms with E-state index in [0.29, 0.717) is 17.9 Å². The van der Waals surface area contributed by atoms with Crippen molar-refractivity contribution < 1.29 is 24.2 Å². The van der Waals surface area contributed by atoms with E-state index in [1.165, 1.54) is 19.8 Å². The average molecular weight is 410 g/mol. The summed E-state index contributed by atoms with van der Waals surface area (Å²) in [5.41, 5.74) is 2.24. The molecule has 1 N–H and O–H groups in total. The number of aromatic nitrogens is 1. The van der Waals surface area contributed by atoms with Gasteiger partial charge in [-0.25, -0.2) is 4.79 Å². The van der Waals surface area contributed by atoms with Crippen LogP contribution in [-0.2, 0) is 19.1 Å². The third kappa shape index (κ3) is 5.37. The van der Waals surface area contributed by atoms with Crippen molar-refractivity contribution in [3.8, 4) is 0 Å². The highest BCUT2D eigenvalue weighted by molar-refractivity contribution is 6.15. The molecule has 1 aromatic heterocycles. The van der Waals surface area contributed by atoms with Gasteiger partial charge >= 0.3 is 5.97 Å². The van der Waals surface area contributed by atoms with Crippen molar-refractivity contribution in [2.45, 2.75) is 38.4 Å². The van der Waals surface area contributed by atoms with E-state index in [4.69, 9.17) is 14.3 Å². The van der Waals surface area contributed by atoms with E-state index in [9.17, 15) is 9.90 Å². The molecule has 0 saturated heterocycles. The van der Waals surface area contributed by atoms with Gasteiger partial charge in [-0.15, -0.1) is 0 Å². The molecule has 0 aliphatic heterocycles. The molecule has 30 heavy (non-hydrogen) atoms. The zero-order chi connectivity index (χ0) is 21.3. The van der Waals surface area contributed by atoms with Crippen LogP contribution in [0.3, 0.4) is 0 Å². The Balaban J connectivity index is 1.75. The molecule has 0 amide bonds. The molecular weight excluding hydrogens is 384 g/mol. The third-order valence-electron chi connectivity index (χ3n) is 4.90. The van der Waals surface area contributed by atoms with Crippen molar-refractivity contribution >= 4 is 17.9 Å². The lowest BCUT2D eigenvalue weighted by Crippen LogP contribution is -2.11. The van der Waals surface area contributed by atoms with Crippen LogP contribution in [0.25, 0.3) is 5.57 Å². The number of carboxylic acid groups (broad SMARTS) is 1. The first-order valence-corrected chi connectivity index (χ1v) is 9.95. The number of ether oxygens (including phenoxy) is 2. The van der Waals surface area contributed by atoms with Gasteiger partial charge in [0.15, 0.2) is 6.10 Å². The number of pyridine rings is 1. The normalized spacial score (nSPS) is 16.1. The Morgan fingerprint density at radius 1 is 1.27 bits per heavy atom. The van der Waals surface area contributed by atoms with Crippen molar-refractivity contribution in [2.75, 3.05) is 7.11 Å². The summed E-state index contributed by atoms with van der Waals surface area (Å²) in [4.78, 5) is 21.6. The zero-order valence-electron chi connectivity index (χ0n) is 17.1. The van der Waals surface area contributed by atoms with Gasteiger partial charge < -0.3 is 19.4 Å². The minimum Gasteiger partial charge on any atom is -0.503 e. The number of carbonyl (C=O) groups is 1. The number of hydrogen-bond donors (Lipinski definition) is 1. The lowest BCUT2D eigenvalue weighted by molar-refractivity contribution is -0.130. The van der Waals surface area contributed by atoms with Gasteiger partial charge in [0.2, 0.25) is 6.40 Å². The lowest BCUT2D eigenvalue weighted by atomic mass is 9.94. The number of oxime groups is 1. The Bertz CT molecular complexity index is 893. The van der Waals surface area contributed by atoms with E-state index in [0.717, 1.165) is 24.1 Å². The number of benzene rings is 1. The Kier molecular flexibility index (Phi) is 7.43. The highest BCUT2D eigenvalue weighted by atomic mass is 16.7. The maximum atomic E-state index is 11.7. The van der Waals surface area contributed by atoms with E-state index in [1.54, 1.807) is 18.3 Å². The topological polar surface area (TPSA) is 90.2 Å². The molecule has 0 bridgehead atoms. The van der Waals surface area contributed by atoms with Gasteiger partial charge in [0, 0.05) is 17.7 Å². The fraction of sp³-hybridized carbons (Fsp3) is 0.348. The van der Waals surface area contributed by atoms with Crippen LogP contribution in [0, 0.1) is 5.92 Å².